The lowest BCUT2D eigenvalue weighted by Gasteiger charge is -1.86. The van der Waals surface area contributed by atoms with Crippen molar-refractivity contribution in [3.63, 3.8) is 0 Å². The summed E-state index contributed by atoms with van der Waals surface area (Å²) in [7, 11) is 0. The van der Waals surface area contributed by atoms with Gasteiger partial charge in [-0.3, -0.25) is 0 Å². The first-order valence-electron chi connectivity index (χ1n) is 2.32. The van der Waals surface area contributed by atoms with Crippen LogP contribution in [0.25, 0.3) is 0 Å². The molecule has 0 aromatic carbocycles. The lowest BCUT2D eigenvalue weighted by atomic mass is 10.3. The Morgan fingerprint density at radius 2 is 2.25 bits per heavy atom. The van der Waals surface area contributed by atoms with Gasteiger partial charge in [0, 0.05) is 17.3 Å². The van der Waals surface area contributed by atoms with Crippen molar-refractivity contribution in [3.05, 3.63) is 17.5 Å². The van der Waals surface area contributed by atoms with Gasteiger partial charge in [0.1, 0.15) is 6.20 Å². The number of aromatic nitrogens is 2. The van der Waals surface area contributed by atoms with Crippen LogP contribution in [0.5, 0.6) is 0 Å². The molecule has 1 aromatic rings. The Hall–Kier alpha value is -0.500. The zero-order valence-corrected chi connectivity index (χ0v) is 5.53. The van der Waals surface area contributed by atoms with Gasteiger partial charge < -0.3 is 0 Å². The van der Waals surface area contributed by atoms with Crippen LogP contribution in [0.2, 0.25) is 0 Å². The summed E-state index contributed by atoms with van der Waals surface area (Å²) in [4.78, 5) is 0. The molecule has 1 radical (unpaired) electrons. The molecule has 0 aliphatic rings. The molecule has 0 unspecified atom stereocenters. The maximum absolute atomic E-state index is 5.50. The average Bonchev–Trinajstić information content (AvgIpc) is 1.98. The van der Waals surface area contributed by atoms with Gasteiger partial charge in [-0.25, -0.2) is 0 Å². The van der Waals surface area contributed by atoms with E-state index in [-0.39, 0.29) is 0 Å². The highest BCUT2D eigenvalue weighted by Crippen LogP contribution is 2.03. The first kappa shape index (κ1) is 5.63. The van der Waals surface area contributed by atoms with Gasteiger partial charge in [-0.15, -0.1) is 0 Å². The molecule has 0 aliphatic heterocycles. The summed E-state index contributed by atoms with van der Waals surface area (Å²) in [6.45, 7) is 3.81. The van der Waals surface area contributed by atoms with Crippen LogP contribution in [-0.2, 0) is 0 Å². The smallest absolute Gasteiger partial charge is 0.118 e. The fourth-order valence-corrected chi connectivity index (χ4v) is 0.578. The summed E-state index contributed by atoms with van der Waals surface area (Å²) in [5.74, 6) is 0. The van der Waals surface area contributed by atoms with E-state index in [1.165, 1.54) is 4.20 Å². The third-order valence-corrected chi connectivity index (χ3v) is 1.45. The second-order valence-electron chi connectivity index (χ2n) is 1.68. The summed E-state index contributed by atoms with van der Waals surface area (Å²) in [5.41, 5.74) is 1.95. The minimum Gasteiger partial charge on any atom is -0.176 e. The van der Waals surface area contributed by atoms with Crippen LogP contribution in [0.1, 0.15) is 11.3 Å². The zero-order chi connectivity index (χ0) is 6.15. The van der Waals surface area contributed by atoms with Crippen molar-refractivity contribution in [1.82, 2.24) is 9.30 Å². The maximum atomic E-state index is 5.50. The number of hydrogen-bond acceptors (Lipinski definition) is 1. The molecule has 0 atom stereocenters. The Morgan fingerprint density at radius 1 is 1.62 bits per heavy atom. The van der Waals surface area contributed by atoms with Gasteiger partial charge in [0.25, 0.3) is 0 Å². The molecule has 0 aliphatic carbocycles. The quantitative estimate of drug-likeness (QED) is 0.517. The Kier molecular flexibility index (Phi) is 1.26. The van der Waals surface area contributed by atoms with E-state index in [2.05, 4.69) is 11.3 Å². The van der Waals surface area contributed by atoms with Crippen LogP contribution in [0, 0.1) is 20.0 Å². The standard InChI is InChI=1S/C5H6ClN2/c1-4-3-7-8(6)5(4)2/h1-2H3. The van der Waals surface area contributed by atoms with Crippen LogP contribution in [0.15, 0.2) is 0 Å². The lowest BCUT2D eigenvalue weighted by molar-refractivity contribution is 0.948. The second kappa shape index (κ2) is 1.78. The van der Waals surface area contributed by atoms with Gasteiger partial charge in [0.15, 0.2) is 0 Å². The van der Waals surface area contributed by atoms with Crippen molar-refractivity contribution < 1.29 is 0 Å². The topological polar surface area (TPSA) is 17.8 Å². The number of rotatable bonds is 0. The molecule has 1 heterocycles. The summed E-state index contributed by atoms with van der Waals surface area (Å²) >= 11 is 5.50. The molecule has 1 rings (SSSR count). The molecule has 0 fully saturated rings. The molecule has 1 aromatic heterocycles. The van der Waals surface area contributed by atoms with E-state index in [0.29, 0.717) is 0 Å². The number of halogens is 1. The number of nitrogens with zero attached hydrogens (tertiary/aromatic N) is 2. The highest BCUT2D eigenvalue weighted by atomic mass is 35.5. The monoisotopic (exact) mass is 129 g/mol. The van der Waals surface area contributed by atoms with Crippen LogP contribution < -0.4 is 0 Å². The largest absolute Gasteiger partial charge is 0.176 e. The first-order chi connectivity index (χ1) is 3.72. The molecule has 0 saturated carbocycles. The van der Waals surface area contributed by atoms with Crippen LogP contribution in [0.4, 0.5) is 0 Å². The van der Waals surface area contributed by atoms with Crippen LogP contribution >= 0.6 is 11.8 Å². The Labute approximate surface area is 53.2 Å². The molecule has 2 nitrogen and oxygen atoms in total. The number of hydrogen-bond donors (Lipinski definition) is 0. The normalized spacial score (nSPS) is 9.88. The van der Waals surface area contributed by atoms with Crippen molar-refractivity contribution in [1.29, 1.82) is 0 Å². The lowest BCUT2D eigenvalue weighted by Crippen LogP contribution is -1.84. The molecular weight excluding hydrogens is 124 g/mol. The van der Waals surface area contributed by atoms with E-state index in [4.69, 9.17) is 11.8 Å². The van der Waals surface area contributed by atoms with E-state index in [0.717, 1.165) is 11.3 Å². The molecule has 8 heavy (non-hydrogen) atoms. The van der Waals surface area contributed by atoms with Gasteiger partial charge in [-0.05, 0) is 13.8 Å². The fraction of sp³-hybridized carbons (Fsp3) is 0.400. The van der Waals surface area contributed by atoms with E-state index in [1.807, 2.05) is 13.8 Å². The summed E-state index contributed by atoms with van der Waals surface area (Å²) in [6.07, 6.45) is 2.72. The van der Waals surface area contributed by atoms with Crippen LogP contribution in [0.3, 0.4) is 0 Å². The van der Waals surface area contributed by atoms with Crippen molar-refractivity contribution in [2.45, 2.75) is 13.8 Å². The predicted octanol–water partition coefficient (Wildman–Crippen LogP) is 1.30. The van der Waals surface area contributed by atoms with Gasteiger partial charge in [0.2, 0.25) is 0 Å². The third-order valence-electron chi connectivity index (χ3n) is 1.12. The van der Waals surface area contributed by atoms with Crippen molar-refractivity contribution >= 4 is 11.8 Å². The molecule has 3 heteroatoms. The molecule has 0 N–H and O–H groups in total. The molecule has 0 spiro atoms. The van der Waals surface area contributed by atoms with Gasteiger partial charge >= 0.3 is 0 Å². The fourth-order valence-electron chi connectivity index (χ4n) is 0.413. The van der Waals surface area contributed by atoms with E-state index in [1.54, 1.807) is 0 Å². The predicted molar refractivity (Wildman–Crippen MR) is 31.8 cm³/mol. The minimum absolute atomic E-state index is 0.951. The summed E-state index contributed by atoms with van der Waals surface area (Å²) in [6, 6.07) is 0. The maximum Gasteiger partial charge on any atom is 0.118 e. The third kappa shape index (κ3) is 0.713. The molecule has 0 saturated heterocycles. The average molecular weight is 130 g/mol. The minimum atomic E-state index is 0.951. The highest BCUT2D eigenvalue weighted by Gasteiger charge is 1.97. The van der Waals surface area contributed by atoms with E-state index < -0.39 is 0 Å². The SMILES string of the molecule is Cc1[c]nn(Cl)c1C. The molecule has 43 valence electrons. The molecule has 0 bridgehead atoms. The van der Waals surface area contributed by atoms with Crippen molar-refractivity contribution in [2.75, 3.05) is 0 Å². The Bertz CT molecular complexity index is 173. The van der Waals surface area contributed by atoms with Crippen molar-refractivity contribution in [3.8, 4) is 0 Å². The first-order valence-corrected chi connectivity index (χ1v) is 2.65. The molecule has 0 amide bonds. The zero-order valence-electron chi connectivity index (χ0n) is 4.77. The highest BCUT2D eigenvalue weighted by molar-refractivity contribution is 6.15. The van der Waals surface area contributed by atoms with Gasteiger partial charge in [0.05, 0.1) is 5.69 Å². The van der Waals surface area contributed by atoms with E-state index >= 15 is 0 Å². The van der Waals surface area contributed by atoms with Crippen LogP contribution in [-0.4, -0.2) is 9.30 Å². The van der Waals surface area contributed by atoms with Crippen molar-refractivity contribution in [2.24, 2.45) is 0 Å². The summed E-state index contributed by atoms with van der Waals surface area (Å²) < 4.78 is 1.29. The second-order valence-corrected chi connectivity index (χ2v) is 2.00. The summed E-state index contributed by atoms with van der Waals surface area (Å²) in [5, 5.41) is 3.67. The molecular formula is C5H6ClN2. The number of aryl methyl sites for hydroxylation is 1. The Balaban J connectivity index is 3.19. The van der Waals surface area contributed by atoms with Gasteiger partial charge in [-0.2, -0.15) is 9.30 Å². The van der Waals surface area contributed by atoms with Gasteiger partial charge in [-0.1, -0.05) is 0 Å². The van der Waals surface area contributed by atoms with E-state index in [9.17, 15) is 0 Å². The Morgan fingerprint density at radius 3 is 2.38 bits per heavy atom.